The zero-order valence-electron chi connectivity index (χ0n) is 16.0. The number of pyridine rings is 2. The largest absolute Gasteiger partial charge is 0.321 e. The van der Waals surface area contributed by atoms with Crippen molar-refractivity contribution < 1.29 is 4.79 Å². The number of nitrogens with zero attached hydrogens (tertiary/aromatic N) is 3. The Balaban J connectivity index is 1.47. The summed E-state index contributed by atoms with van der Waals surface area (Å²) >= 11 is 0. The molecule has 0 saturated carbocycles. The van der Waals surface area contributed by atoms with E-state index in [0.717, 1.165) is 36.3 Å². The van der Waals surface area contributed by atoms with Crippen LogP contribution < -0.4 is 5.32 Å². The topological polar surface area (TPSA) is 58.1 Å². The molecule has 1 amide bonds. The molecule has 1 atom stereocenters. The summed E-state index contributed by atoms with van der Waals surface area (Å²) in [5.41, 5.74) is 4.65. The molecule has 0 aliphatic carbocycles. The molecule has 5 nitrogen and oxygen atoms in total. The summed E-state index contributed by atoms with van der Waals surface area (Å²) in [6.45, 7) is 3.82. The van der Waals surface area contributed by atoms with E-state index in [0.29, 0.717) is 17.3 Å². The summed E-state index contributed by atoms with van der Waals surface area (Å²) in [5, 5.41) is 2.93. The summed E-state index contributed by atoms with van der Waals surface area (Å²) in [6, 6.07) is 16.2. The number of aromatic nitrogens is 2. The van der Waals surface area contributed by atoms with Gasteiger partial charge in [0.25, 0.3) is 5.91 Å². The van der Waals surface area contributed by atoms with E-state index < -0.39 is 0 Å². The standard InChI is InChI=1S/C23H24N4O/c1-17-12-20(15-24-14-17)26-23(28)19-7-4-6-18(13-19)16-27-11-5-9-22(27)21-8-2-3-10-25-21/h2-4,6-8,10,12-15,22H,5,9,11,16H2,1H3,(H,26,28). The van der Waals surface area contributed by atoms with Gasteiger partial charge in [-0.3, -0.25) is 19.7 Å². The van der Waals surface area contributed by atoms with Gasteiger partial charge in [-0.05, 0) is 67.8 Å². The second-order valence-corrected chi connectivity index (χ2v) is 7.29. The number of rotatable bonds is 5. The molecule has 1 unspecified atom stereocenters. The van der Waals surface area contributed by atoms with Crippen LogP contribution in [0.25, 0.3) is 0 Å². The van der Waals surface area contributed by atoms with Gasteiger partial charge in [-0.15, -0.1) is 0 Å². The fourth-order valence-corrected chi connectivity index (χ4v) is 3.80. The smallest absolute Gasteiger partial charge is 0.255 e. The average molecular weight is 372 g/mol. The molecule has 0 bridgehead atoms. The van der Waals surface area contributed by atoms with E-state index in [1.54, 1.807) is 12.4 Å². The van der Waals surface area contributed by atoms with Crippen LogP contribution in [-0.2, 0) is 6.54 Å². The van der Waals surface area contributed by atoms with Crippen LogP contribution in [0.4, 0.5) is 5.69 Å². The van der Waals surface area contributed by atoms with Gasteiger partial charge in [-0.2, -0.15) is 0 Å². The highest BCUT2D eigenvalue weighted by atomic mass is 16.1. The van der Waals surface area contributed by atoms with Gasteiger partial charge in [0.2, 0.25) is 0 Å². The zero-order valence-corrected chi connectivity index (χ0v) is 16.0. The minimum absolute atomic E-state index is 0.114. The molecular weight excluding hydrogens is 348 g/mol. The first-order chi connectivity index (χ1) is 13.7. The number of carbonyl (C=O) groups is 1. The molecule has 1 saturated heterocycles. The normalized spacial score (nSPS) is 16.8. The van der Waals surface area contributed by atoms with Gasteiger partial charge in [0.1, 0.15) is 0 Å². The first-order valence-electron chi connectivity index (χ1n) is 9.66. The summed E-state index contributed by atoms with van der Waals surface area (Å²) in [7, 11) is 0. The molecule has 3 aromatic rings. The van der Waals surface area contributed by atoms with Crippen LogP contribution in [0.2, 0.25) is 0 Å². The maximum atomic E-state index is 12.6. The molecule has 3 heterocycles. The van der Waals surface area contributed by atoms with Crippen molar-refractivity contribution in [3.63, 3.8) is 0 Å². The third-order valence-corrected chi connectivity index (χ3v) is 5.10. The van der Waals surface area contributed by atoms with Crippen LogP contribution in [-0.4, -0.2) is 27.3 Å². The Kier molecular flexibility index (Phi) is 5.44. The van der Waals surface area contributed by atoms with E-state index in [4.69, 9.17) is 0 Å². The van der Waals surface area contributed by atoms with Crippen molar-refractivity contribution in [3.8, 4) is 0 Å². The number of hydrogen-bond acceptors (Lipinski definition) is 4. The van der Waals surface area contributed by atoms with Gasteiger partial charge in [0.15, 0.2) is 0 Å². The molecular formula is C23H24N4O. The molecule has 142 valence electrons. The minimum atomic E-state index is -0.114. The van der Waals surface area contributed by atoms with Crippen molar-refractivity contribution in [2.45, 2.75) is 32.4 Å². The second kappa shape index (κ2) is 8.31. The van der Waals surface area contributed by atoms with Crippen molar-refractivity contribution in [2.75, 3.05) is 11.9 Å². The van der Waals surface area contributed by atoms with Crippen LogP contribution >= 0.6 is 0 Å². The van der Waals surface area contributed by atoms with Crippen LogP contribution in [0, 0.1) is 6.92 Å². The summed E-state index contributed by atoms with van der Waals surface area (Å²) in [5.74, 6) is -0.114. The lowest BCUT2D eigenvalue weighted by Crippen LogP contribution is -2.23. The predicted molar refractivity (Wildman–Crippen MR) is 110 cm³/mol. The highest BCUT2D eigenvalue weighted by Crippen LogP contribution is 2.32. The van der Waals surface area contributed by atoms with Crippen LogP contribution in [0.15, 0.2) is 67.1 Å². The fraction of sp³-hybridized carbons (Fsp3) is 0.261. The summed E-state index contributed by atoms with van der Waals surface area (Å²) in [6.07, 6.45) is 7.58. The Hall–Kier alpha value is -3.05. The molecule has 1 fully saturated rings. The lowest BCUT2D eigenvalue weighted by atomic mass is 10.1. The maximum Gasteiger partial charge on any atom is 0.255 e. The van der Waals surface area contributed by atoms with Gasteiger partial charge in [-0.25, -0.2) is 0 Å². The second-order valence-electron chi connectivity index (χ2n) is 7.29. The Morgan fingerprint density at radius 1 is 1.18 bits per heavy atom. The molecule has 5 heteroatoms. The predicted octanol–water partition coefficient (Wildman–Crippen LogP) is 4.37. The number of carbonyl (C=O) groups excluding carboxylic acids is 1. The quantitative estimate of drug-likeness (QED) is 0.722. The Morgan fingerprint density at radius 3 is 2.93 bits per heavy atom. The maximum absolute atomic E-state index is 12.6. The van der Waals surface area contributed by atoms with E-state index in [2.05, 4.69) is 32.3 Å². The summed E-state index contributed by atoms with van der Waals surface area (Å²) in [4.78, 5) is 23.8. The van der Waals surface area contributed by atoms with Crippen molar-refractivity contribution in [1.29, 1.82) is 0 Å². The minimum Gasteiger partial charge on any atom is -0.321 e. The molecule has 1 aliphatic rings. The van der Waals surface area contributed by atoms with Crippen molar-refractivity contribution >= 4 is 11.6 Å². The van der Waals surface area contributed by atoms with Crippen LogP contribution in [0.3, 0.4) is 0 Å². The number of likely N-dealkylation sites (tertiary alicyclic amines) is 1. The lowest BCUT2D eigenvalue weighted by molar-refractivity contribution is 0.102. The third-order valence-electron chi connectivity index (χ3n) is 5.10. The number of aryl methyl sites for hydroxylation is 1. The number of hydrogen-bond donors (Lipinski definition) is 1. The first kappa shape index (κ1) is 18.3. The van der Waals surface area contributed by atoms with Crippen molar-refractivity contribution in [3.05, 3.63) is 89.5 Å². The molecule has 2 aromatic heterocycles. The van der Waals surface area contributed by atoms with Gasteiger partial charge in [-0.1, -0.05) is 18.2 Å². The number of nitrogens with one attached hydrogen (secondary N) is 1. The van der Waals surface area contributed by atoms with Crippen LogP contribution in [0.1, 0.15) is 46.1 Å². The number of anilines is 1. The van der Waals surface area contributed by atoms with Crippen molar-refractivity contribution in [2.24, 2.45) is 0 Å². The monoisotopic (exact) mass is 372 g/mol. The molecule has 0 spiro atoms. The van der Waals surface area contributed by atoms with E-state index in [1.807, 2.05) is 49.5 Å². The highest BCUT2D eigenvalue weighted by Gasteiger charge is 2.26. The van der Waals surface area contributed by atoms with E-state index >= 15 is 0 Å². The van der Waals surface area contributed by atoms with Gasteiger partial charge >= 0.3 is 0 Å². The Morgan fingerprint density at radius 2 is 2.11 bits per heavy atom. The summed E-state index contributed by atoms with van der Waals surface area (Å²) < 4.78 is 0. The molecule has 1 aliphatic heterocycles. The van der Waals surface area contributed by atoms with E-state index in [9.17, 15) is 4.79 Å². The molecule has 4 rings (SSSR count). The Bertz CT molecular complexity index is 958. The average Bonchev–Trinajstić information content (AvgIpc) is 3.17. The van der Waals surface area contributed by atoms with E-state index in [-0.39, 0.29) is 5.91 Å². The lowest BCUT2D eigenvalue weighted by Gasteiger charge is -2.24. The number of amides is 1. The number of benzene rings is 1. The molecule has 1 aromatic carbocycles. The van der Waals surface area contributed by atoms with Crippen molar-refractivity contribution in [1.82, 2.24) is 14.9 Å². The zero-order chi connectivity index (χ0) is 19.3. The van der Waals surface area contributed by atoms with E-state index in [1.165, 1.54) is 6.42 Å². The Labute approximate surface area is 165 Å². The van der Waals surface area contributed by atoms with Gasteiger partial charge < -0.3 is 5.32 Å². The molecule has 0 radical (unpaired) electrons. The fourth-order valence-electron chi connectivity index (χ4n) is 3.80. The highest BCUT2D eigenvalue weighted by molar-refractivity contribution is 6.04. The first-order valence-corrected chi connectivity index (χ1v) is 9.66. The molecule has 28 heavy (non-hydrogen) atoms. The molecule has 1 N–H and O–H groups in total. The van der Waals surface area contributed by atoms with Gasteiger partial charge in [0.05, 0.1) is 23.6 Å². The SMILES string of the molecule is Cc1cncc(NC(=O)c2cccc(CN3CCCC3c3ccccn3)c2)c1. The van der Waals surface area contributed by atoms with Crippen LogP contribution in [0.5, 0.6) is 0 Å². The van der Waals surface area contributed by atoms with Gasteiger partial charge in [0, 0.05) is 24.5 Å². The third kappa shape index (κ3) is 4.26.